The number of hydrogen-bond donors (Lipinski definition) is 0. The molecule has 0 aromatic rings. The highest BCUT2D eigenvalue weighted by Crippen LogP contribution is 2.29. The van der Waals surface area contributed by atoms with Crippen molar-refractivity contribution in [1.82, 2.24) is 0 Å². The predicted octanol–water partition coefficient (Wildman–Crippen LogP) is 1.34. The molecule has 0 N–H and O–H groups in total. The highest BCUT2D eigenvalue weighted by molar-refractivity contribution is 4.87. The van der Waals surface area contributed by atoms with Crippen molar-refractivity contribution in [2.75, 3.05) is 13.2 Å². The van der Waals surface area contributed by atoms with E-state index in [2.05, 4.69) is 6.92 Å². The molecule has 0 amide bonds. The Morgan fingerprint density at radius 2 is 2.30 bits per heavy atom. The van der Waals surface area contributed by atoms with Crippen LogP contribution in [0.25, 0.3) is 0 Å². The van der Waals surface area contributed by atoms with Gasteiger partial charge in [0.2, 0.25) is 0 Å². The summed E-state index contributed by atoms with van der Waals surface area (Å²) in [5.74, 6) is 0. The van der Waals surface area contributed by atoms with Gasteiger partial charge < -0.3 is 9.47 Å². The van der Waals surface area contributed by atoms with Crippen molar-refractivity contribution in [3.8, 4) is 0 Å². The van der Waals surface area contributed by atoms with E-state index in [1.54, 1.807) is 0 Å². The third kappa shape index (κ3) is 1.32. The second-order valence-corrected chi connectivity index (χ2v) is 3.60. The second kappa shape index (κ2) is 2.21. The van der Waals surface area contributed by atoms with Crippen molar-refractivity contribution in [3.05, 3.63) is 0 Å². The molecule has 1 atom stereocenters. The Balaban J connectivity index is 1.63. The lowest BCUT2D eigenvalue weighted by molar-refractivity contribution is -0.0202. The Labute approximate surface area is 61.5 Å². The van der Waals surface area contributed by atoms with Crippen LogP contribution in [0.15, 0.2) is 0 Å². The molecule has 58 valence electrons. The summed E-state index contributed by atoms with van der Waals surface area (Å²) in [6, 6.07) is 0. The lowest BCUT2D eigenvalue weighted by Crippen LogP contribution is -2.26. The standard InChI is InChI=1S/C8H14O2/c1-8(6-10-8)5-9-7-3-2-4-7/h7H,2-6H2,1H3. The average Bonchev–Trinajstić information content (AvgIpc) is 2.44. The van der Waals surface area contributed by atoms with Crippen LogP contribution in [0.2, 0.25) is 0 Å². The van der Waals surface area contributed by atoms with Gasteiger partial charge in [0, 0.05) is 0 Å². The molecule has 0 radical (unpaired) electrons. The van der Waals surface area contributed by atoms with Crippen LogP contribution in [-0.2, 0) is 9.47 Å². The maximum absolute atomic E-state index is 5.58. The van der Waals surface area contributed by atoms with E-state index < -0.39 is 0 Å². The van der Waals surface area contributed by atoms with Crippen molar-refractivity contribution >= 4 is 0 Å². The van der Waals surface area contributed by atoms with E-state index in [9.17, 15) is 0 Å². The zero-order chi connectivity index (χ0) is 7.03. The summed E-state index contributed by atoms with van der Waals surface area (Å²) >= 11 is 0. The molecule has 2 rings (SSSR count). The molecule has 1 unspecified atom stereocenters. The number of ether oxygens (including phenoxy) is 2. The Hall–Kier alpha value is -0.0800. The molecule has 1 heterocycles. The van der Waals surface area contributed by atoms with E-state index >= 15 is 0 Å². The van der Waals surface area contributed by atoms with E-state index in [0.717, 1.165) is 13.2 Å². The first kappa shape index (κ1) is 6.62. The molecule has 0 spiro atoms. The Morgan fingerprint density at radius 1 is 1.60 bits per heavy atom. The molecule has 0 aromatic carbocycles. The topological polar surface area (TPSA) is 21.8 Å². The fraction of sp³-hybridized carbons (Fsp3) is 1.00. The van der Waals surface area contributed by atoms with Crippen molar-refractivity contribution in [3.63, 3.8) is 0 Å². The molecule has 0 aromatic heterocycles. The minimum Gasteiger partial charge on any atom is -0.375 e. The zero-order valence-corrected chi connectivity index (χ0v) is 6.43. The maximum atomic E-state index is 5.58. The van der Waals surface area contributed by atoms with E-state index in [0.29, 0.717) is 6.10 Å². The summed E-state index contributed by atoms with van der Waals surface area (Å²) in [7, 11) is 0. The van der Waals surface area contributed by atoms with Gasteiger partial charge in [0.05, 0.1) is 19.3 Å². The van der Waals surface area contributed by atoms with Gasteiger partial charge >= 0.3 is 0 Å². The minimum atomic E-state index is 0.0928. The van der Waals surface area contributed by atoms with Crippen molar-refractivity contribution in [2.24, 2.45) is 0 Å². The van der Waals surface area contributed by atoms with E-state index in [1.807, 2.05) is 0 Å². The van der Waals surface area contributed by atoms with Crippen LogP contribution in [0.1, 0.15) is 26.2 Å². The van der Waals surface area contributed by atoms with Crippen LogP contribution in [0, 0.1) is 0 Å². The number of hydrogen-bond acceptors (Lipinski definition) is 2. The van der Waals surface area contributed by atoms with E-state index in [1.165, 1.54) is 19.3 Å². The van der Waals surface area contributed by atoms with Gasteiger partial charge in [-0.25, -0.2) is 0 Å². The summed E-state index contributed by atoms with van der Waals surface area (Å²) < 4.78 is 10.8. The molecule has 2 fully saturated rings. The first-order valence-corrected chi connectivity index (χ1v) is 4.04. The second-order valence-electron chi connectivity index (χ2n) is 3.60. The van der Waals surface area contributed by atoms with Crippen LogP contribution in [-0.4, -0.2) is 24.9 Å². The molecule has 1 saturated heterocycles. The first-order valence-electron chi connectivity index (χ1n) is 4.04. The van der Waals surface area contributed by atoms with Crippen molar-refractivity contribution in [1.29, 1.82) is 0 Å². The van der Waals surface area contributed by atoms with Crippen molar-refractivity contribution < 1.29 is 9.47 Å². The van der Waals surface area contributed by atoms with Gasteiger partial charge in [0.25, 0.3) is 0 Å². The molecule has 2 nitrogen and oxygen atoms in total. The molecule has 10 heavy (non-hydrogen) atoms. The SMILES string of the molecule is CC1(COC2CCC2)CO1. The van der Waals surface area contributed by atoms with Gasteiger partial charge in [-0.05, 0) is 26.2 Å². The molecule has 1 aliphatic carbocycles. The van der Waals surface area contributed by atoms with Crippen LogP contribution < -0.4 is 0 Å². The quantitative estimate of drug-likeness (QED) is 0.555. The molecule has 0 bridgehead atoms. The van der Waals surface area contributed by atoms with Crippen LogP contribution >= 0.6 is 0 Å². The minimum absolute atomic E-state index is 0.0928. The number of epoxide rings is 1. The summed E-state index contributed by atoms with van der Waals surface area (Å²) in [5.41, 5.74) is 0.0928. The lowest BCUT2D eigenvalue weighted by atomic mass is 9.96. The summed E-state index contributed by atoms with van der Waals surface area (Å²) in [4.78, 5) is 0. The highest BCUT2D eigenvalue weighted by atomic mass is 16.6. The molecule has 2 aliphatic rings. The van der Waals surface area contributed by atoms with Gasteiger partial charge in [-0.1, -0.05) is 0 Å². The fourth-order valence-electron chi connectivity index (χ4n) is 1.04. The molecular weight excluding hydrogens is 128 g/mol. The Bertz CT molecular complexity index is 125. The van der Waals surface area contributed by atoms with Crippen LogP contribution in [0.4, 0.5) is 0 Å². The van der Waals surface area contributed by atoms with Crippen LogP contribution in [0.3, 0.4) is 0 Å². The number of rotatable bonds is 3. The molecular formula is C8H14O2. The normalized spacial score (nSPS) is 39.3. The van der Waals surface area contributed by atoms with Crippen LogP contribution in [0.5, 0.6) is 0 Å². The monoisotopic (exact) mass is 142 g/mol. The van der Waals surface area contributed by atoms with Gasteiger partial charge in [-0.2, -0.15) is 0 Å². The Kier molecular flexibility index (Phi) is 1.46. The summed E-state index contributed by atoms with van der Waals surface area (Å²) in [6.07, 6.45) is 4.43. The van der Waals surface area contributed by atoms with Crippen molar-refractivity contribution in [2.45, 2.75) is 37.9 Å². The Morgan fingerprint density at radius 3 is 2.70 bits per heavy atom. The van der Waals surface area contributed by atoms with E-state index in [-0.39, 0.29) is 5.60 Å². The third-order valence-corrected chi connectivity index (χ3v) is 2.31. The van der Waals surface area contributed by atoms with Gasteiger partial charge in [0.1, 0.15) is 5.60 Å². The predicted molar refractivity (Wildman–Crippen MR) is 37.9 cm³/mol. The molecule has 1 saturated carbocycles. The fourth-order valence-corrected chi connectivity index (χ4v) is 1.04. The zero-order valence-electron chi connectivity index (χ0n) is 6.43. The van der Waals surface area contributed by atoms with E-state index in [4.69, 9.17) is 9.47 Å². The maximum Gasteiger partial charge on any atom is 0.112 e. The molecule has 2 heteroatoms. The lowest BCUT2D eigenvalue weighted by Gasteiger charge is -2.26. The summed E-state index contributed by atoms with van der Waals surface area (Å²) in [5, 5.41) is 0. The van der Waals surface area contributed by atoms with Gasteiger partial charge in [-0.15, -0.1) is 0 Å². The smallest absolute Gasteiger partial charge is 0.112 e. The van der Waals surface area contributed by atoms with Gasteiger partial charge in [-0.3, -0.25) is 0 Å². The summed E-state index contributed by atoms with van der Waals surface area (Å²) in [6.45, 7) is 3.79. The third-order valence-electron chi connectivity index (χ3n) is 2.31. The first-order chi connectivity index (χ1) is 4.79. The molecule has 1 aliphatic heterocycles. The van der Waals surface area contributed by atoms with Gasteiger partial charge in [0.15, 0.2) is 0 Å². The highest BCUT2D eigenvalue weighted by Gasteiger charge is 2.40. The largest absolute Gasteiger partial charge is 0.375 e. The average molecular weight is 142 g/mol.